The largest absolute Gasteiger partial charge is 0.480 e. The average Bonchev–Trinajstić information content (AvgIpc) is 3.09. The Labute approximate surface area is 124 Å². The first-order chi connectivity index (χ1) is 9.45. The van der Waals surface area contributed by atoms with Crippen LogP contribution in [0, 0.1) is 5.92 Å². The van der Waals surface area contributed by atoms with Gasteiger partial charge in [-0.3, -0.25) is 4.79 Å². The van der Waals surface area contributed by atoms with Gasteiger partial charge in [0.1, 0.15) is 11.6 Å². The minimum atomic E-state index is -1.29. The van der Waals surface area contributed by atoms with Crippen LogP contribution in [0.2, 0.25) is 0 Å². The molecule has 1 saturated carbocycles. The van der Waals surface area contributed by atoms with Gasteiger partial charge in [-0.2, -0.15) is 0 Å². The second-order valence-corrected chi connectivity index (χ2v) is 6.84. The van der Waals surface area contributed by atoms with E-state index < -0.39 is 29.1 Å². The lowest BCUT2D eigenvalue weighted by Crippen LogP contribution is -2.59. The number of rotatable bonds is 5. The van der Waals surface area contributed by atoms with Crippen LogP contribution in [0.1, 0.15) is 47.5 Å². The number of carboxylic acids is 1. The van der Waals surface area contributed by atoms with E-state index in [1.54, 1.807) is 6.92 Å². The van der Waals surface area contributed by atoms with E-state index in [-0.39, 0.29) is 11.8 Å². The van der Waals surface area contributed by atoms with E-state index in [4.69, 9.17) is 0 Å². The zero-order valence-corrected chi connectivity index (χ0v) is 13.2. The molecule has 1 rings (SSSR count). The molecule has 0 saturated heterocycles. The van der Waals surface area contributed by atoms with Crippen LogP contribution in [-0.4, -0.2) is 40.1 Å². The zero-order chi connectivity index (χ0) is 16.4. The van der Waals surface area contributed by atoms with Crippen LogP contribution in [0.15, 0.2) is 0 Å². The Balaban J connectivity index is 2.56. The van der Waals surface area contributed by atoms with Gasteiger partial charge in [-0.05, 0) is 53.4 Å². The van der Waals surface area contributed by atoms with Crippen LogP contribution in [0.4, 0.5) is 4.79 Å². The Morgan fingerprint density at radius 1 is 1.10 bits per heavy atom. The van der Waals surface area contributed by atoms with E-state index in [9.17, 15) is 19.5 Å². The Bertz CT molecular complexity index is 440. The monoisotopic (exact) mass is 299 g/mol. The van der Waals surface area contributed by atoms with E-state index >= 15 is 0 Å². The minimum Gasteiger partial charge on any atom is -0.480 e. The lowest BCUT2D eigenvalue weighted by molar-refractivity contribution is -0.144. The Morgan fingerprint density at radius 3 is 2.00 bits per heavy atom. The molecule has 0 aliphatic heterocycles. The van der Waals surface area contributed by atoms with E-state index in [2.05, 4.69) is 16.0 Å². The molecule has 1 aliphatic rings. The van der Waals surface area contributed by atoms with Gasteiger partial charge in [-0.25, -0.2) is 9.59 Å². The number of hydrogen-bond acceptors (Lipinski definition) is 3. The summed E-state index contributed by atoms with van der Waals surface area (Å²) in [5.41, 5.74) is -1.68. The van der Waals surface area contributed by atoms with Gasteiger partial charge in [0.15, 0.2) is 0 Å². The van der Waals surface area contributed by atoms with E-state index in [1.165, 1.54) is 6.92 Å². The number of hydrogen-bond donors (Lipinski definition) is 4. The van der Waals surface area contributed by atoms with Crippen molar-refractivity contribution in [1.82, 2.24) is 16.0 Å². The molecule has 0 radical (unpaired) electrons. The van der Waals surface area contributed by atoms with E-state index in [0.717, 1.165) is 12.8 Å². The summed E-state index contributed by atoms with van der Waals surface area (Å²) in [7, 11) is 0. The number of urea groups is 1. The smallest absolute Gasteiger partial charge is 0.329 e. The molecule has 1 fully saturated rings. The standard InChI is InChI=1S/C14H25N3O4/c1-8(10(18)16-13(2,3)4)15-12(21)17-14(5,11(19)20)9-6-7-9/h8-9H,6-7H2,1-5H3,(H,16,18)(H,19,20)(H2,15,17,21). The summed E-state index contributed by atoms with van der Waals surface area (Å²) in [6.45, 7) is 8.56. The van der Waals surface area contributed by atoms with Crippen LogP contribution >= 0.6 is 0 Å². The fraction of sp³-hybridized carbons (Fsp3) is 0.786. The molecule has 0 aromatic rings. The summed E-state index contributed by atoms with van der Waals surface area (Å²) in [4.78, 5) is 35.1. The van der Waals surface area contributed by atoms with Crippen LogP contribution in [0.3, 0.4) is 0 Å². The fourth-order valence-corrected chi connectivity index (χ4v) is 2.00. The molecule has 0 heterocycles. The highest BCUT2D eigenvalue weighted by Gasteiger charge is 2.48. The van der Waals surface area contributed by atoms with E-state index in [1.807, 2.05) is 20.8 Å². The highest BCUT2D eigenvalue weighted by atomic mass is 16.4. The van der Waals surface area contributed by atoms with Gasteiger partial charge < -0.3 is 21.1 Å². The minimum absolute atomic E-state index is 0.0561. The fourth-order valence-electron chi connectivity index (χ4n) is 2.00. The summed E-state index contributed by atoms with van der Waals surface area (Å²) in [6.07, 6.45) is 1.56. The van der Waals surface area contributed by atoms with Crippen LogP contribution in [-0.2, 0) is 9.59 Å². The van der Waals surface area contributed by atoms with Crippen molar-refractivity contribution >= 4 is 17.9 Å². The molecule has 0 aromatic carbocycles. The maximum Gasteiger partial charge on any atom is 0.329 e. The number of amides is 3. The van der Waals surface area contributed by atoms with Crippen LogP contribution in [0.25, 0.3) is 0 Å². The molecule has 0 bridgehead atoms. The third kappa shape index (κ3) is 4.91. The number of carboxylic acid groups (broad SMARTS) is 1. The van der Waals surface area contributed by atoms with Crippen molar-refractivity contribution < 1.29 is 19.5 Å². The Hall–Kier alpha value is -1.79. The van der Waals surface area contributed by atoms with Crippen LogP contribution < -0.4 is 16.0 Å². The third-order valence-electron chi connectivity index (χ3n) is 3.45. The number of carbonyl (C=O) groups is 3. The summed E-state index contributed by atoms with van der Waals surface area (Å²) in [5, 5.41) is 17.0. The van der Waals surface area contributed by atoms with Crippen molar-refractivity contribution in [1.29, 1.82) is 0 Å². The lowest BCUT2D eigenvalue weighted by Gasteiger charge is -2.28. The van der Waals surface area contributed by atoms with Crippen molar-refractivity contribution in [2.45, 2.75) is 64.6 Å². The first-order valence-electron chi connectivity index (χ1n) is 7.10. The predicted molar refractivity (Wildman–Crippen MR) is 77.8 cm³/mol. The van der Waals surface area contributed by atoms with Gasteiger partial charge in [0.05, 0.1) is 0 Å². The molecule has 2 atom stereocenters. The molecule has 7 nitrogen and oxygen atoms in total. The number of carbonyl (C=O) groups excluding carboxylic acids is 2. The van der Waals surface area contributed by atoms with Gasteiger partial charge in [0.25, 0.3) is 0 Å². The maximum atomic E-state index is 11.9. The lowest BCUT2D eigenvalue weighted by atomic mass is 9.96. The first-order valence-corrected chi connectivity index (χ1v) is 7.10. The topological polar surface area (TPSA) is 108 Å². The predicted octanol–water partition coefficient (Wildman–Crippen LogP) is 0.842. The molecule has 3 amide bonds. The van der Waals surface area contributed by atoms with E-state index in [0.29, 0.717) is 0 Å². The molecule has 7 heteroatoms. The Kier molecular flexibility index (Phi) is 4.86. The Morgan fingerprint density at radius 2 is 1.62 bits per heavy atom. The molecule has 2 unspecified atom stereocenters. The highest BCUT2D eigenvalue weighted by molar-refractivity contribution is 5.90. The SMILES string of the molecule is CC(NC(=O)NC(C)(C(=O)O)C1CC1)C(=O)NC(C)(C)C. The molecule has 1 aliphatic carbocycles. The second-order valence-electron chi connectivity index (χ2n) is 6.84. The molecule has 120 valence electrons. The van der Waals surface area contributed by atoms with Crippen molar-refractivity contribution in [2.24, 2.45) is 5.92 Å². The normalized spacial score (nSPS) is 19.1. The van der Waals surface area contributed by atoms with Crippen molar-refractivity contribution in [3.05, 3.63) is 0 Å². The van der Waals surface area contributed by atoms with Crippen LogP contribution in [0.5, 0.6) is 0 Å². The molecule has 4 N–H and O–H groups in total. The number of nitrogens with one attached hydrogen (secondary N) is 3. The van der Waals surface area contributed by atoms with Gasteiger partial charge in [0, 0.05) is 5.54 Å². The average molecular weight is 299 g/mol. The zero-order valence-electron chi connectivity index (χ0n) is 13.2. The molecule has 21 heavy (non-hydrogen) atoms. The first kappa shape index (κ1) is 17.3. The quantitative estimate of drug-likeness (QED) is 0.603. The van der Waals surface area contributed by atoms with Crippen molar-refractivity contribution in [2.75, 3.05) is 0 Å². The summed E-state index contributed by atoms with van der Waals surface area (Å²) in [5.74, 6) is -1.44. The summed E-state index contributed by atoms with van der Waals surface area (Å²) >= 11 is 0. The maximum absolute atomic E-state index is 11.9. The van der Waals surface area contributed by atoms with Crippen molar-refractivity contribution in [3.63, 3.8) is 0 Å². The highest BCUT2D eigenvalue weighted by Crippen LogP contribution is 2.39. The molecule has 0 aromatic heterocycles. The third-order valence-corrected chi connectivity index (χ3v) is 3.45. The van der Waals surface area contributed by atoms with Gasteiger partial charge in [-0.1, -0.05) is 0 Å². The van der Waals surface area contributed by atoms with Gasteiger partial charge in [-0.15, -0.1) is 0 Å². The molecular formula is C14H25N3O4. The second kappa shape index (κ2) is 5.91. The molecular weight excluding hydrogens is 274 g/mol. The van der Waals surface area contributed by atoms with Gasteiger partial charge >= 0.3 is 12.0 Å². The number of aliphatic carboxylic acids is 1. The summed E-state index contributed by atoms with van der Waals surface area (Å²) in [6, 6.07) is -1.40. The van der Waals surface area contributed by atoms with Crippen molar-refractivity contribution in [3.8, 4) is 0 Å². The summed E-state index contributed by atoms with van der Waals surface area (Å²) < 4.78 is 0. The van der Waals surface area contributed by atoms with Gasteiger partial charge in [0.2, 0.25) is 5.91 Å². The molecule has 0 spiro atoms.